The molecule has 0 aliphatic carbocycles. The van der Waals surface area contributed by atoms with Gasteiger partial charge in [0.25, 0.3) is 0 Å². The van der Waals surface area contributed by atoms with Gasteiger partial charge in [0, 0.05) is 32.3 Å². The highest BCUT2D eigenvalue weighted by Crippen LogP contribution is 2.38. The van der Waals surface area contributed by atoms with Crippen LogP contribution in [0.25, 0.3) is 0 Å². The Bertz CT molecular complexity index is 594. The number of rotatable bonds is 2. The van der Waals surface area contributed by atoms with E-state index in [1.54, 1.807) is 7.05 Å². The number of fused-ring (bicyclic) bond motifs is 3. The Labute approximate surface area is 112 Å². The van der Waals surface area contributed by atoms with Crippen LogP contribution >= 0.6 is 0 Å². The number of hydrogen-bond donors (Lipinski definition) is 3. The summed E-state index contributed by atoms with van der Waals surface area (Å²) in [5, 5.41) is 13.9. The van der Waals surface area contributed by atoms with Crippen LogP contribution < -0.4 is 16.0 Å². The van der Waals surface area contributed by atoms with Gasteiger partial charge in [0.05, 0.1) is 6.04 Å². The van der Waals surface area contributed by atoms with Crippen molar-refractivity contribution in [3.63, 3.8) is 0 Å². The van der Waals surface area contributed by atoms with Gasteiger partial charge in [-0.15, -0.1) is 0 Å². The molecule has 3 rings (SSSR count). The molecule has 1 saturated heterocycles. The van der Waals surface area contributed by atoms with Crippen LogP contribution in [-0.2, 0) is 9.84 Å². The van der Waals surface area contributed by atoms with Crippen molar-refractivity contribution in [2.75, 3.05) is 43.6 Å². The molecule has 2 aliphatic rings. The first-order valence-electron chi connectivity index (χ1n) is 6.47. The summed E-state index contributed by atoms with van der Waals surface area (Å²) in [7, 11) is -1.61. The number of nitrogens with zero attached hydrogens (tertiary/aromatic N) is 2. The van der Waals surface area contributed by atoms with Gasteiger partial charge < -0.3 is 16.0 Å². The van der Waals surface area contributed by atoms with Crippen LogP contribution in [0.4, 0.5) is 11.6 Å². The maximum Gasteiger partial charge on any atom is 0.182 e. The Kier molecular flexibility index (Phi) is 2.94. The van der Waals surface area contributed by atoms with Gasteiger partial charge >= 0.3 is 0 Å². The van der Waals surface area contributed by atoms with E-state index in [1.807, 2.05) is 4.68 Å². The fourth-order valence-corrected chi connectivity index (χ4v) is 4.01. The van der Waals surface area contributed by atoms with E-state index in [0.717, 1.165) is 26.1 Å². The quantitative estimate of drug-likeness (QED) is 0.703. The van der Waals surface area contributed by atoms with E-state index in [1.165, 1.54) is 6.26 Å². The van der Waals surface area contributed by atoms with Crippen LogP contribution in [0.15, 0.2) is 4.90 Å². The molecule has 8 heteroatoms. The summed E-state index contributed by atoms with van der Waals surface area (Å²) in [6, 6.07) is 0.278. The zero-order valence-corrected chi connectivity index (χ0v) is 11.9. The van der Waals surface area contributed by atoms with Crippen molar-refractivity contribution in [3.05, 3.63) is 0 Å². The Hall–Kier alpha value is -1.28. The number of anilines is 2. The van der Waals surface area contributed by atoms with E-state index in [0.29, 0.717) is 17.6 Å². The molecule has 2 atom stereocenters. The first kappa shape index (κ1) is 12.7. The number of aromatic nitrogens is 2. The zero-order valence-electron chi connectivity index (χ0n) is 11.1. The molecule has 19 heavy (non-hydrogen) atoms. The molecule has 1 aromatic rings. The highest BCUT2D eigenvalue weighted by Gasteiger charge is 2.37. The van der Waals surface area contributed by atoms with Crippen molar-refractivity contribution in [3.8, 4) is 0 Å². The third kappa shape index (κ3) is 1.99. The van der Waals surface area contributed by atoms with Crippen molar-refractivity contribution in [2.45, 2.75) is 17.4 Å². The molecule has 1 aromatic heterocycles. The van der Waals surface area contributed by atoms with Crippen LogP contribution in [0.1, 0.15) is 12.5 Å². The normalized spacial score (nSPS) is 26.2. The van der Waals surface area contributed by atoms with E-state index >= 15 is 0 Å². The minimum Gasteiger partial charge on any atom is -0.371 e. The number of hydrogen-bond acceptors (Lipinski definition) is 6. The van der Waals surface area contributed by atoms with Crippen LogP contribution in [0.2, 0.25) is 0 Å². The minimum atomic E-state index is -3.31. The standard InChI is InChI=1S/C11H19N5O2S/c1-12-10-9(19(2,17)18)11-14-6-7-5-13-4-3-8(7)16(11)15-10/h7-8,13-14H,3-6H2,1-2H3,(H,12,15). The molecule has 0 bridgehead atoms. The summed E-state index contributed by atoms with van der Waals surface area (Å²) in [4.78, 5) is 0.284. The highest BCUT2D eigenvalue weighted by molar-refractivity contribution is 7.91. The third-order valence-corrected chi connectivity index (χ3v) is 5.02. The number of nitrogens with one attached hydrogen (secondary N) is 3. The molecule has 0 aromatic carbocycles. The first-order chi connectivity index (χ1) is 9.02. The molecule has 2 unspecified atom stereocenters. The molecule has 0 spiro atoms. The molecule has 106 valence electrons. The molecule has 2 aliphatic heterocycles. The molecule has 0 amide bonds. The molecule has 0 radical (unpaired) electrons. The van der Waals surface area contributed by atoms with Crippen molar-refractivity contribution in [1.82, 2.24) is 15.1 Å². The van der Waals surface area contributed by atoms with E-state index < -0.39 is 9.84 Å². The van der Waals surface area contributed by atoms with Crippen LogP contribution in [0.5, 0.6) is 0 Å². The van der Waals surface area contributed by atoms with Gasteiger partial charge in [-0.1, -0.05) is 0 Å². The number of piperidine rings is 1. The van der Waals surface area contributed by atoms with E-state index in [9.17, 15) is 8.42 Å². The summed E-state index contributed by atoms with van der Waals surface area (Å²) in [5.74, 6) is 1.53. The van der Waals surface area contributed by atoms with Crippen LogP contribution in [-0.4, -0.2) is 51.1 Å². The molecule has 3 N–H and O–H groups in total. The van der Waals surface area contributed by atoms with Gasteiger partial charge in [0.2, 0.25) is 0 Å². The van der Waals surface area contributed by atoms with Crippen LogP contribution in [0, 0.1) is 5.92 Å². The monoisotopic (exact) mass is 285 g/mol. The predicted molar refractivity (Wildman–Crippen MR) is 73.4 cm³/mol. The van der Waals surface area contributed by atoms with Crippen molar-refractivity contribution in [2.24, 2.45) is 5.92 Å². The lowest BCUT2D eigenvalue weighted by Gasteiger charge is -2.37. The topological polar surface area (TPSA) is 88.0 Å². The summed E-state index contributed by atoms with van der Waals surface area (Å²) in [5.41, 5.74) is 0. The maximum atomic E-state index is 12.0. The van der Waals surface area contributed by atoms with E-state index in [-0.39, 0.29) is 10.9 Å². The largest absolute Gasteiger partial charge is 0.371 e. The summed E-state index contributed by atoms with van der Waals surface area (Å²) in [6.45, 7) is 2.68. The second-order valence-corrected chi connectivity index (χ2v) is 7.15. The minimum absolute atomic E-state index is 0.278. The highest BCUT2D eigenvalue weighted by atomic mass is 32.2. The maximum absolute atomic E-state index is 12.0. The lowest BCUT2D eigenvalue weighted by molar-refractivity contribution is 0.237. The van der Waals surface area contributed by atoms with Crippen molar-refractivity contribution in [1.29, 1.82) is 0 Å². The Morgan fingerprint density at radius 3 is 2.89 bits per heavy atom. The summed E-state index contributed by atoms with van der Waals surface area (Å²) < 4.78 is 25.8. The Morgan fingerprint density at radius 2 is 2.21 bits per heavy atom. The lowest BCUT2D eigenvalue weighted by Crippen LogP contribution is -2.44. The zero-order chi connectivity index (χ0) is 13.6. The van der Waals surface area contributed by atoms with E-state index in [2.05, 4.69) is 21.0 Å². The molecule has 1 fully saturated rings. The SMILES string of the molecule is CNc1nn2c(c1S(C)(=O)=O)NCC1CNCCC12. The smallest absolute Gasteiger partial charge is 0.182 e. The van der Waals surface area contributed by atoms with Gasteiger partial charge in [-0.2, -0.15) is 5.10 Å². The van der Waals surface area contributed by atoms with Crippen LogP contribution in [0.3, 0.4) is 0 Å². The van der Waals surface area contributed by atoms with Gasteiger partial charge in [0.1, 0.15) is 5.82 Å². The lowest BCUT2D eigenvalue weighted by atomic mass is 9.92. The molecular formula is C11H19N5O2S. The second-order valence-electron chi connectivity index (χ2n) is 5.19. The van der Waals surface area contributed by atoms with Gasteiger partial charge in [0.15, 0.2) is 20.6 Å². The fourth-order valence-electron chi connectivity index (χ4n) is 3.00. The third-order valence-electron chi connectivity index (χ3n) is 3.89. The molecule has 3 heterocycles. The van der Waals surface area contributed by atoms with Gasteiger partial charge in [-0.05, 0) is 13.0 Å². The van der Waals surface area contributed by atoms with Gasteiger partial charge in [-0.3, -0.25) is 0 Å². The fraction of sp³-hybridized carbons (Fsp3) is 0.727. The molecular weight excluding hydrogens is 266 g/mol. The average molecular weight is 285 g/mol. The predicted octanol–water partition coefficient (Wildman–Crippen LogP) is -0.0956. The Balaban J connectivity index is 2.13. The van der Waals surface area contributed by atoms with Crippen molar-refractivity contribution < 1.29 is 8.42 Å². The molecule has 0 saturated carbocycles. The van der Waals surface area contributed by atoms with Crippen molar-refractivity contribution >= 4 is 21.5 Å². The first-order valence-corrected chi connectivity index (χ1v) is 8.36. The second kappa shape index (κ2) is 4.38. The summed E-state index contributed by atoms with van der Waals surface area (Å²) >= 11 is 0. The van der Waals surface area contributed by atoms with Gasteiger partial charge in [-0.25, -0.2) is 13.1 Å². The average Bonchev–Trinajstić information content (AvgIpc) is 2.77. The molecule has 7 nitrogen and oxygen atoms in total. The Morgan fingerprint density at radius 1 is 1.42 bits per heavy atom. The van der Waals surface area contributed by atoms with E-state index in [4.69, 9.17) is 0 Å². The summed E-state index contributed by atoms with van der Waals surface area (Å²) in [6.07, 6.45) is 2.20. The number of sulfone groups is 1.